The number of hydrazone groups is 1. The van der Waals surface area contributed by atoms with E-state index >= 15 is 0 Å². The van der Waals surface area contributed by atoms with Crippen LogP contribution < -0.4 is 5.43 Å². The maximum absolute atomic E-state index is 11.8. The number of amides is 1. The third-order valence-electron chi connectivity index (χ3n) is 3.44. The third kappa shape index (κ3) is 3.88. The van der Waals surface area contributed by atoms with Crippen molar-refractivity contribution >= 4 is 11.6 Å². The summed E-state index contributed by atoms with van der Waals surface area (Å²) < 4.78 is 0. The van der Waals surface area contributed by atoms with Crippen LogP contribution in [0.15, 0.2) is 47.6 Å². The molecule has 0 spiro atoms. The first-order valence-corrected chi connectivity index (χ1v) is 7.36. The van der Waals surface area contributed by atoms with E-state index in [4.69, 9.17) is 0 Å². The molecule has 0 aliphatic rings. The van der Waals surface area contributed by atoms with Crippen LogP contribution in [0.4, 0.5) is 0 Å². The van der Waals surface area contributed by atoms with E-state index < -0.39 is 0 Å². The summed E-state index contributed by atoms with van der Waals surface area (Å²) in [5.74, 6) is -0.563. The van der Waals surface area contributed by atoms with E-state index in [1.807, 2.05) is 31.2 Å². The Hall–Kier alpha value is -2.82. The molecule has 0 atom stereocenters. The van der Waals surface area contributed by atoms with Crippen LogP contribution in [0.1, 0.15) is 30.5 Å². The highest BCUT2D eigenvalue weighted by Gasteiger charge is 2.15. The van der Waals surface area contributed by atoms with Gasteiger partial charge < -0.3 is 10.2 Å². The van der Waals surface area contributed by atoms with E-state index in [1.54, 1.807) is 19.9 Å². The second-order valence-corrected chi connectivity index (χ2v) is 5.61. The number of phenolic OH excluding ortho intramolecular Hbond substituents is 2. The molecule has 0 saturated heterocycles. The number of aromatic hydroxyl groups is 2. The summed E-state index contributed by atoms with van der Waals surface area (Å²) in [6, 6.07) is 11.8. The maximum Gasteiger partial charge on any atom is 0.242 e. The molecule has 0 aliphatic heterocycles. The first kappa shape index (κ1) is 16.5. The summed E-state index contributed by atoms with van der Waals surface area (Å²) in [6.45, 7) is 5.47. The number of carbonyl (C=O) groups is 1. The normalized spacial score (nSPS) is 11.6. The van der Waals surface area contributed by atoms with Crippen LogP contribution in [0, 0.1) is 12.8 Å². The van der Waals surface area contributed by atoms with Crippen LogP contribution >= 0.6 is 0 Å². The minimum absolute atomic E-state index is 0.0402. The molecule has 2 rings (SSSR count). The third-order valence-corrected chi connectivity index (χ3v) is 3.44. The summed E-state index contributed by atoms with van der Waals surface area (Å²) in [7, 11) is 0. The molecule has 0 unspecified atom stereocenters. The van der Waals surface area contributed by atoms with Gasteiger partial charge in [0.2, 0.25) is 5.91 Å². The van der Waals surface area contributed by atoms with Gasteiger partial charge in [-0.3, -0.25) is 4.79 Å². The zero-order chi connectivity index (χ0) is 17.0. The van der Waals surface area contributed by atoms with Crippen LogP contribution in [0.3, 0.4) is 0 Å². The number of carbonyl (C=O) groups excluding carboxylic acids is 1. The van der Waals surface area contributed by atoms with Crippen molar-refractivity contribution in [1.29, 1.82) is 0 Å². The lowest BCUT2D eigenvalue weighted by Crippen LogP contribution is -2.25. The van der Waals surface area contributed by atoms with E-state index in [2.05, 4.69) is 10.5 Å². The topological polar surface area (TPSA) is 81.9 Å². The van der Waals surface area contributed by atoms with Crippen molar-refractivity contribution in [2.24, 2.45) is 11.0 Å². The van der Waals surface area contributed by atoms with Gasteiger partial charge in [-0.05, 0) is 24.6 Å². The molecule has 0 radical (unpaired) electrons. The molecule has 2 aromatic rings. The Morgan fingerprint density at radius 2 is 1.78 bits per heavy atom. The van der Waals surface area contributed by atoms with Crippen molar-refractivity contribution < 1.29 is 15.0 Å². The highest BCUT2D eigenvalue weighted by molar-refractivity contribution is 6.15. The summed E-state index contributed by atoms with van der Waals surface area (Å²) in [6.07, 6.45) is 0. The second-order valence-electron chi connectivity index (χ2n) is 5.61. The van der Waals surface area contributed by atoms with Gasteiger partial charge in [-0.25, -0.2) is 5.43 Å². The lowest BCUT2D eigenvalue weighted by atomic mass is 9.97. The molecule has 120 valence electrons. The molecule has 0 aromatic heterocycles. The number of hydrogen-bond acceptors (Lipinski definition) is 4. The number of aryl methyl sites for hydroxylation is 1. The highest BCUT2D eigenvalue weighted by Crippen LogP contribution is 2.26. The first-order chi connectivity index (χ1) is 10.9. The zero-order valence-electron chi connectivity index (χ0n) is 13.4. The van der Waals surface area contributed by atoms with Gasteiger partial charge in [0, 0.05) is 23.1 Å². The predicted octanol–water partition coefficient (Wildman–Crippen LogP) is 2.93. The van der Waals surface area contributed by atoms with Crippen molar-refractivity contribution in [3.8, 4) is 11.5 Å². The van der Waals surface area contributed by atoms with Crippen LogP contribution in [0.25, 0.3) is 0 Å². The average Bonchev–Trinajstić information content (AvgIpc) is 2.50. The fourth-order valence-corrected chi connectivity index (χ4v) is 2.06. The number of benzene rings is 2. The van der Waals surface area contributed by atoms with E-state index in [1.165, 1.54) is 12.1 Å². The summed E-state index contributed by atoms with van der Waals surface area (Å²) in [4.78, 5) is 11.8. The quantitative estimate of drug-likeness (QED) is 0.599. The largest absolute Gasteiger partial charge is 0.508 e. The molecule has 0 saturated carbocycles. The van der Waals surface area contributed by atoms with Gasteiger partial charge in [0.25, 0.3) is 0 Å². The van der Waals surface area contributed by atoms with Crippen molar-refractivity contribution in [3.63, 3.8) is 0 Å². The van der Waals surface area contributed by atoms with Crippen LogP contribution in [-0.2, 0) is 4.79 Å². The molecular weight excluding hydrogens is 292 g/mol. The minimum Gasteiger partial charge on any atom is -0.508 e. The predicted molar refractivity (Wildman–Crippen MR) is 89.6 cm³/mol. The SMILES string of the molecule is Cc1ccccc1C(=NNC(=O)C(C)C)c1ccc(O)cc1O. The van der Waals surface area contributed by atoms with Crippen molar-refractivity contribution in [2.75, 3.05) is 0 Å². The van der Waals surface area contributed by atoms with Crippen LogP contribution in [0.2, 0.25) is 0 Å². The zero-order valence-corrected chi connectivity index (χ0v) is 13.4. The lowest BCUT2D eigenvalue weighted by molar-refractivity contribution is -0.123. The smallest absolute Gasteiger partial charge is 0.242 e. The summed E-state index contributed by atoms with van der Waals surface area (Å²) in [5.41, 5.74) is 5.14. The number of nitrogens with zero attached hydrogens (tertiary/aromatic N) is 1. The molecule has 0 bridgehead atoms. The van der Waals surface area contributed by atoms with Gasteiger partial charge in [-0.1, -0.05) is 38.1 Å². The molecule has 2 aromatic carbocycles. The van der Waals surface area contributed by atoms with Crippen molar-refractivity contribution in [2.45, 2.75) is 20.8 Å². The van der Waals surface area contributed by atoms with Gasteiger partial charge in [0.1, 0.15) is 17.2 Å². The fourth-order valence-electron chi connectivity index (χ4n) is 2.06. The van der Waals surface area contributed by atoms with E-state index in [9.17, 15) is 15.0 Å². The molecule has 23 heavy (non-hydrogen) atoms. The van der Waals surface area contributed by atoms with Gasteiger partial charge in [-0.2, -0.15) is 5.10 Å². The van der Waals surface area contributed by atoms with E-state index in [0.717, 1.165) is 11.1 Å². The maximum atomic E-state index is 11.8. The molecule has 0 fully saturated rings. The molecule has 3 N–H and O–H groups in total. The van der Waals surface area contributed by atoms with E-state index in [-0.39, 0.29) is 23.3 Å². The summed E-state index contributed by atoms with van der Waals surface area (Å²) >= 11 is 0. The monoisotopic (exact) mass is 312 g/mol. The van der Waals surface area contributed by atoms with Gasteiger partial charge in [0.15, 0.2) is 0 Å². The molecule has 0 aliphatic carbocycles. The second kappa shape index (κ2) is 6.96. The molecule has 1 amide bonds. The number of rotatable bonds is 4. The lowest BCUT2D eigenvalue weighted by Gasteiger charge is -2.12. The van der Waals surface area contributed by atoms with Gasteiger partial charge in [-0.15, -0.1) is 0 Å². The fraction of sp³-hybridized carbons (Fsp3) is 0.222. The van der Waals surface area contributed by atoms with Crippen LogP contribution in [-0.4, -0.2) is 21.8 Å². The molecule has 5 heteroatoms. The average molecular weight is 312 g/mol. The Balaban J connectivity index is 2.54. The van der Waals surface area contributed by atoms with Gasteiger partial charge in [0.05, 0.1) is 0 Å². The number of hydrogen-bond donors (Lipinski definition) is 3. The van der Waals surface area contributed by atoms with Crippen molar-refractivity contribution in [3.05, 3.63) is 59.2 Å². The highest BCUT2D eigenvalue weighted by atomic mass is 16.3. The Labute approximate surface area is 135 Å². The Morgan fingerprint density at radius 1 is 1.09 bits per heavy atom. The molecular formula is C18H20N2O3. The Bertz CT molecular complexity index is 752. The first-order valence-electron chi connectivity index (χ1n) is 7.36. The van der Waals surface area contributed by atoms with Crippen molar-refractivity contribution in [1.82, 2.24) is 5.43 Å². The standard InChI is InChI=1S/C18H20N2O3/c1-11(2)18(23)20-19-17(14-7-5-4-6-12(14)3)15-9-8-13(21)10-16(15)22/h4-11,21-22H,1-3H3,(H,20,23). The number of phenols is 2. The minimum atomic E-state index is -0.214. The van der Waals surface area contributed by atoms with E-state index in [0.29, 0.717) is 11.3 Å². The Kier molecular flexibility index (Phi) is 5.01. The van der Waals surface area contributed by atoms with Gasteiger partial charge >= 0.3 is 0 Å². The number of nitrogens with one attached hydrogen (secondary N) is 1. The Morgan fingerprint density at radius 3 is 2.39 bits per heavy atom. The molecule has 5 nitrogen and oxygen atoms in total. The molecule has 0 heterocycles. The summed E-state index contributed by atoms with van der Waals surface area (Å²) in [5, 5.41) is 23.8. The van der Waals surface area contributed by atoms with Crippen LogP contribution in [0.5, 0.6) is 11.5 Å².